The Balaban J connectivity index is 1.29. The molecule has 0 saturated heterocycles. The summed E-state index contributed by atoms with van der Waals surface area (Å²) in [4.78, 5) is 24.4. The zero-order chi connectivity index (χ0) is 19.5. The van der Waals surface area contributed by atoms with Gasteiger partial charge in [-0.05, 0) is 36.8 Å². The monoisotopic (exact) mass is 382 g/mol. The lowest BCUT2D eigenvalue weighted by molar-refractivity contribution is -0.154. The van der Waals surface area contributed by atoms with E-state index in [9.17, 15) is 9.59 Å². The SMILES string of the molecule is C[C@H](OC(=O)Cc1noc2ccccc12)C(=O)NCc1ccc2c(c1)OCO2. The fraction of sp³-hybridized carbons (Fsp3) is 0.250. The maximum atomic E-state index is 12.2. The van der Waals surface area contributed by atoms with Crippen LogP contribution in [0.3, 0.4) is 0 Å². The van der Waals surface area contributed by atoms with Crippen molar-refractivity contribution in [2.24, 2.45) is 0 Å². The molecule has 0 unspecified atom stereocenters. The van der Waals surface area contributed by atoms with E-state index in [2.05, 4.69) is 10.5 Å². The van der Waals surface area contributed by atoms with Crippen LogP contribution in [0.25, 0.3) is 11.0 Å². The van der Waals surface area contributed by atoms with Crippen LogP contribution in [0, 0.1) is 0 Å². The maximum absolute atomic E-state index is 12.2. The van der Waals surface area contributed by atoms with Crippen LogP contribution < -0.4 is 14.8 Å². The Morgan fingerprint density at radius 1 is 1.18 bits per heavy atom. The van der Waals surface area contributed by atoms with Gasteiger partial charge in [-0.25, -0.2) is 0 Å². The van der Waals surface area contributed by atoms with Crippen LogP contribution >= 0.6 is 0 Å². The van der Waals surface area contributed by atoms with Gasteiger partial charge in [-0.2, -0.15) is 0 Å². The average Bonchev–Trinajstić information content (AvgIpc) is 3.32. The largest absolute Gasteiger partial charge is 0.454 e. The standard InChI is InChI=1S/C20H18N2O6/c1-12(20(24)21-10-13-6-7-17-18(8-13)26-11-25-17)27-19(23)9-15-14-4-2-3-5-16(14)28-22-15/h2-8,12H,9-11H2,1H3,(H,21,24)/t12-/m0/s1. The van der Waals surface area contributed by atoms with Crippen molar-refractivity contribution in [3.63, 3.8) is 0 Å². The van der Waals surface area contributed by atoms with E-state index in [1.807, 2.05) is 24.3 Å². The molecule has 0 fully saturated rings. The Kier molecular flexibility index (Phi) is 4.84. The van der Waals surface area contributed by atoms with Gasteiger partial charge >= 0.3 is 5.97 Å². The predicted octanol–water partition coefficient (Wildman–Crippen LogP) is 2.35. The molecule has 1 N–H and O–H groups in total. The third-order valence-electron chi connectivity index (χ3n) is 4.35. The van der Waals surface area contributed by atoms with E-state index in [1.165, 1.54) is 6.92 Å². The van der Waals surface area contributed by atoms with E-state index in [1.54, 1.807) is 18.2 Å². The second-order valence-electron chi connectivity index (χ2n) is 6.34. The van der Waals surface area contributed by atoms with Gasteiger partial charge in [0, 0.05) is 11.9 Å². The second kappa shape index (κ2) is 7.59. The number of carbonyl (C=O) groups is 2. The molecule has 1 aliphatic heterocycles. The molecule has 144 valence electrons. The topological polar surface area (TPSA) is 99.9 Å². The lowest BCUT2D eigenvalue weighted by atomic mass is 10.2. The number of nitrogens with one attached hydrogen (secondary N) is 1. The maximum Gasteiger partial charge on any atom is 0.312 e. The molecule has 0 saturated carbocycles. The van der Waals surface area contributed by atoms with Crippen molar-refractivity contribution < 1.29 is 28.3 Å². The van der Waals surface area contributed by atoms with E-state index in [4.69, 9.17) is 18.7 Å². The highest BCUT2D eigenvalue weighted by Gasteiger charge is 2.20. The third-order valence-corrected chi connectivity index (χ3v) is 4.35. The molecule has 28 heavy (non-hydrogen) atoms. The van der Waals surface area contributed by atoms with Crippen LogP contribution in [0.5, 0.6) is 11.5 Å². The molecule has 8 nitrogen and oxygen atoms in total. The first-order valence-corrected chi connectivity index (χ1v) is 8.79. The molecule has 1 atom stereocenters. The van der Waals surface area contributed by atoms with Crippen LogP contribution in [-0.2, 0) is 27.3 Å². The number of esters is 1. The number of ether oxygens (including phenoxy) is 3. The molecule has 2 aromatic carbocycles. The zero-order valence-electron chi connectivity index (χ0n) is 15.1. The van der Waals surface area contributed by atoms with E-state index in [0.717, 1.165) is 10.9 Å². The molecule has 0 aliphatic carbocycles. The highest BCUT2D eigenvalue weighted by atomic mass is 16.7. The molecule has 1 aliphatic rings. The molecular formula is C20H18N2O6. The van der Waals surface area contributed by atoms with Crippen molar-refractivity contribution in [3.8, 4) is 11.5 Å². The molecule has 1 amide bonds. The molecule has 1 aromatic heterocycles. The first kappa shape index (κ1) is 17.8. The first-order chi connectivity index (χ1) is 13.6. The Bertz CT molecular complexity index is 1030. The number of hydrogen-bond donors (Lipinski definition) is 1. The van der Waals surface area contributed by atoms with Crippen LogP contribution in [0.2, 0.25) is 0 Å². The molecule has 2 heterocycles. The van der Waals surface area contributed by atoms with Gasteiger partial charge in [0.15, 0.2) is 23.2 Å². The highest BCUT2D eigenvalue weighted by molar-refractivity contribution is 5.86. The highest BCUT2D eigenvalue weighted by Crippen LogP contribution is 2.32. The zero-order valence-corrected chi connectivity index (χ0v) is 15.1. The minimum atomic E-state index is -0.931. The van der Waals surface area contributed by atoms with E-state index < -0.39 is 18.0 Å². The number of rotatable bonds is 6. The number of hydrogen-bond acceptors (Lipinski definition) is 7. The molecule has 0 radical (unpaired) electrons. The lowest BCUT2D eigenvalue weighted by Crippen LogP contribution is -2.35. The van der Waals surface area contributed by atoms with Gasteiger partial charge in [-0.3, -0.25) is 9.59 Å². The molecule has 3 aromatic rings. The van der Waals surface area contributed by atoms with Crippen molar-refractivity contribution in [2.45, 2.75) is 26.0 Å². The summed E-state index contributed by atoms with van der Waals surface area (Å²) in [6.07, 6.45) is -1.00. The third kappa shape index (κ3) is 3.75. The molecule has 0 bridgehead atoms. The molecular weight excluding hydrogens is 364 g/mol. The minimum absolute atomic E-state index is 0.0726. The fourth-order valence-electron chi connectivity index (χ4n) is 2.88. The smallest absolute Gasteiger partial charge is 0.312 e. The second-order valence-corrected chi connectivity index (χ2v) is 6.34. The van der Waals surface area contributed by atoms with Gasteiger partial charge in [0.1, 0.15) is 5.69 Å². The summed E-state index contributed by atoms with van der Waals surface area (Å²) in [6.45, 7) is 2.00. The number of carbonyl (C=O) groups excluding carboxylic acids is 2. The summed E-state index contributed by atoms with van der Waals surface area (Å²) in [5.41, 5.74) is 1.93. The number of aromatic nitrogens is 1. The van der Waals surface area contributed by atoms with Gasteiger partial charge in [0.2, 0.25) is 6.79 Å². The summed E-state index contributed by atoms with van der Waals surface area (Å²) < 4.78 is 20.9. The van der Waals surface area contributed by atoms with Crippen molar-refractivity contribution in [1.82, 2.24) is 10.5 Å². The van der Waals surface area contributed by atoms with Crippen molar-refractivity contribution in [1.29, 1.82) is 0 Å². The summed E-state index contributed by atoms with van der Waals surface area (Å²) in [7, 11) is 0. The van der Waals surface area contributed by atoms with Crippen molar-refractivity contribution >= 4 is 22.8 Å². The Morgan fingerprint density at radius 3 is 2.89 bits per heavy atom. The minimum Gasteiger partial charge on any atom is -0.454 e. The van der Waals surface area contributed by atoms with E-state index >= 15 is 0 Å². The summed E-state index contributed by atoms with van der Waals surface area (Å²) in [6, 6.07) is 12.7. The summed E-state index contributed by atoms with van der Waals surface area (Å²) in [5, 5.41) is 7.38. The van der Waals surface area contributed by atoms with Crippen molar-refractivity contribution in [3.05, 3.63) is 53.7 Å². The van der Waals surface area contributed by atoms with Gasteiger partial charge in [0.25, 0.3) is 5.91 Å². The first-order valence-electron chi connectivity index (χ1n) is 8.79. The predicted molar refractivity (Wildman–Crippen MR) is 97.7 cm³/mol. The number of benzene rings is 2. The van der Waals surface area contributed by atoms with E-state index in [0.29, 0.717) is 22.8 Å². The summed E-state index contributed by atoms with van der Waals surface area (Å²) in [5.74, 6) is 0.379. The fourth-order valence-corrected chi connectivity index (χ4v) is 2.88. The normalized spacial score (nSPS) is 13.3. The van der Waals surface area contributed by atoms with Gasteiger partial charge in [-0.1, -0.05) is 23.4 Å². The van der Waals surface area contributed by atoms with Gasteiger partial charge in [0.05, 0.1) is 6.42 Å². The van der Waals surface area contributed by atoms with Gasteiger partial charge in [-0.15, -0.1) is 0 Å². The quantitative estimate of drug-likeness (QED) is 0.653. The number of para-hydroxylation sites is 1. The Hall–Kier alpha value is -3.55. The van der Waals surface area contributed by atoms with Crippen LogP contribution in [-0.4, -0.2) is 29.9 Å². The Labute approximate surface area is 160 Å². The van der Waals surface area contributed by atoms with Crippen molar-refractivity contribution in [2.75, 3.05) is 6.79 Å². The summed E-state index contributed by atoms with van der Waals surface area (Å²) >= 11 is 0. The number of nitrogens with zero attached hydrogens (tertiary/aromatic N) is 1. The van der Waals surface area contributed by atoms with Crippen LogP contribution in [0.4, 0.5) is 0 Å². The molecule has 8 heteroatoms. The lowest BCUT2D eigenvalue weighted by Gasteiger charge is -2.13. The average molecular weight is 382 g/mol. The molecule has 4 rings (SSSR count). The van der Waals surface area contributed by atoms with E-state index in [-0.39, 0.29) is 19.8 Å². The van der Waals surface area contributed by atoms with Crippen LogP contribution in [0.15, 0.2) is 47.0 Å². The van der Waals surface area contributed by atoms with Crippen LogP contribution in [0.1, 0.15) is 18.2 Å². The molecule has 0 spiro atoms. The number of amides is 1. The number of fused-ring (bicyclic) bond motifs is 2. The van der Waals surface area contributed by atoms with Gasteiger partial charge < -0.3 is 24.1 Å². The Morgan fingerprint density at radius 2 is 2.00 bits per heavy atom.